The maximum absolute atomic E-state index is 9.04. The standard InChI is InChI=1S/C30H40N4.C4H11NO.C3H7N.C2H6/c1-10-13-14-29-32-23(7)28(19-22(6)33(8)9)30(31)34(29)20-24-15-17-25(18-16-24)27(12-3)26(11-2)21(4)5;1-5(2)3-4-6;1-3-4-2;1-2/h11-12,15-18,31H,2-4,6,10,13-14,19-20H2,1,5,7-9H3;6H,3-4H2,1-2H3;2-3H2,1H3;1-2H3/p+1/b27-26-,31-30?;;;. The van der Waals surface area contributed by atoms with Crippen molar-refractivity contribution in [2.24, 2.45) is 4.99 Å². The van der Waals surface area contributed by atoms with Gasteiger partial charge in [0.05, 0.1) is 27.2 Å². The Morgan fingerprint density at radius 3 is 2.02 bits per heavy atom. The van der Waals surface area contributed by atoms with Crippen LogP contribution in [0.2, 0.25) is 0 Å². The number of benzene rings is 1. The third-order valence-electron chi connectivity index (χ3n) is 6.97. The number of nitrogens with one attached hydrogen (secondary N) is 2. The molecule has 1 aromatic heterocycles. The van der Waals surface area contributed by atoms with E-state index >= 15 is 0 Å². The molecule has 0 saturated carbocycles. The summed E-state index contributed by atoms with van der Waals surface area (Å²) in [4.78, 5) is 11.7. The molecule has 0 atom stereocenters. The molecule has 256 valence electrons. The van der Waals surface area contributed by atoms with Gasteiger partial charge in [0.25, 0.3) is 0 Å². The lowest BCUT2D eigenvalue weighted by molar-refractivity contribution is -0.858. The Hall–Kier alpha value is -3.81. The molecule has 0 unspecified atom stereocenters. The Balaban J connectivity index is 0. The number of allylic oxidation sites excluding steroid dienone is 6. The second-order valence-corrected chi connectivity index (χ2v) is 11.2. The van der Waals surface area contributed by atoms with Crippen LogP contribution in [0.5, 0.6) is 0 Å². The van der Waals surface area contributed by atoms with Gasteiger partial charge in [-0.3, -0.25) is 5.41 Å². The summed E-state index contributed by atoms with van der Waals surface area (Å²) in [6.07, 6.45) is 7.31. The molecule has 0 aliphatic heterocycles. The molecular weight excluding hydrogens is 568 g/mol. The largest absolute Gasteiger partial charge is 0.391 e. The summed E-state index contributed by atoms with van der Waals surface area (Å²) >= 11 is 0. The van der Waals surface area contributed by atoms with Crippen LogP contribution in [0.1, 0.15) is 75.7 Å². The molecule has 2 rings (SSSR count). The lowest BCUT2D eigenvalue weighted by atomic mass is 9.95. The molecule has 7 nitrogen and oxygen atoms in total. The molecule has 0 saturated heterocycles. The summed E-state index contributed by atoms with van der Waals surface area (Å²) in [5.74, 6) is 0.968. The molecule has 0 fully saturated rings. The van der Waals surface area contributed by atoms with Gasteiger partial charge in [0.1, 0.15) is 17.9 Å². The van der Waals surface area contributed by atoms with Crippen molar-refractivity contribution in [3.63, 3.8) is 0 Å². The third kappa shape index (κ3) is 16.0. The zero-order valence-electron chi connectivity index (χ0n) is 30.9. The van der Waals surface area contributed by atoms with Crippen molar-refractivity contribution in [3.05, 3.63) is 113 Å². The smallest absolute Gasteiger partial charge is 0.131 e. The number of aromatic nitrogens is 2. The first-order chi connectivity index (χ1) is 21.8. The molecule has 3 N–H and O–H groups in total. The molecule has 2 aromatic rings. The van der Waals surface area contributed by atoms with E-state index < -0.39 is 0 Å². The second kappa shape index (κ2) is 25.4. The number of unbranched alkanes of at least 4 members (excludes halogenated alkanes) is 1. The fourth-order valence-electron chi connectivity index (χ4n) is 4.15. The fourth-order valence-corrected chi connectivity index (χ4v) is 4.15. The summed E-state index contributed by atoms with van der Waals surface area (Å²) in [5.41, 5.74) is 8.53. The van der Waals surface area contributed by atoms with Crippen LogP contribution in [0.3, 0.4) is 0 Å². The summed E-state index contributed by atoms with van der Waals surface area (Å²) in [5, 5.41) is 17.3. The quantitative estimate of drug-likeness (QED) is 0.161. The summed E-state index contributed by atoms with van der Waals surface area (Å²) in [6, 6.07) is 8.44. The fraction of sp³-hybridized carbons (Fsp3) is 0.462. The molecule has 0 spiro atoms. The van der Waals surface area contributed by atoms with Gasteiger partial charge in [0, 0.05) is 50.4 Å². The van der Waals surface area contributed by atoms with Gasteiger partial charge in [0.2, 0.25) is 0 Å². The van der Waals surface area contributed by atoms with E-state index in [4.69, 9.17) is 15.5 Å². The third-order valence-corrected chi connectivity index (χ3v) is 6.97. The van der Waals surface area contributed by atoms with Crippen molar-refractivity contribution in [2.45, 2.75) is 73.8 Å². The number of likely N-dealkylation sites (N-methyl/N-ethyl adjacent to an activating group) is 2. The van der Waals surface area contributed by atoms with Crippen molar-refractivity contribution in [1.29, 1.82) is 5.41 Å². The molecule has 0 bridgehead atoms. The van der Waals surface area contributed by atoms with Gasteiger partial charge in [-0.15, -0.1) is 0 Å². The lowest BCUT2D eigenvalue weighted by Gasteiger charge is -2.20. The van der Waals surface area contributed by atoms with Crippen LogP contribution in [0.25, 0.3) is 5.57 Å². The minimum Gasteiger partial charge on any atom is -0.391 e. The van der Waals surface area contributed by atoms with Gasteiger partial charge in [-0.1, -0.05) is 95.5 Å². The minimum absolute atomic E-state index is 0.294. The zero-order chi connectivity index (χ0) is 35.8. The molecule has 0 radical (unpaired) electrons. The molecule has 46 heavy (non-hydrogen) atoms. The minimum atomic E-state index is 0.294. The average molecular weight is 634 g/mol. The van der Waals surface area contributed by atoms with E-state index in [1.54, 1.807) is 0 Å². The van der Waals surface area contributed by atoms with E-state index in [-0.39, 0.29) is 0 Å². The van der Waals surface area contributed by atoms with Crippen LogP contribution in [-0.2, 0) is 19.4 Å². The molecule has 7 heteroatoms. The van der Waals surface area contributed by atoms with Crippen molar-refractivity contribution < 1.29 is 10.0 Å². The molecule has 0 amide bonds. The van der Waals surface area contributed by atoms with E-state index in [1.807, 2.05) is 79.9 Å². The van der Waals surface area contributed by atoms with Crippen molar-refractivity contribution >= 4 is 12.3 Å². The zero-order valence-corrected chi connectivity index (χ0v) is 30.9. The number of aliphatic imine (C=N–C) groups is 1. The number of quaternary nitrogens is 1. The predicted octanol–water partition coefficient (Wildman–Crippen LogP) is 6.24. The first-order valence-electron chi connectivity index (χ1n) is 16.4. The highest BCUT2D eigenvalue weighted by Crippen LogP contribution is 2.25. The number of hydrogen-bond acceptors (Lipinski definition) is 5. The maximum atomic E-state index is 9.04. The molecule has 1 heterocycles. The SMILES string of the molecule is C=C/C(C(=C)C)=C(\C=C)c1ccc(Cn2c(CCCC)nc(C)c(CC(=C)N(C)C)c2=N)cc1.C=NCC.CC.C[NH+](C)CCO. The van der Waals surface area contributed by atoms with Crippen LogP contribution in [0.4, 0.5) is 0 Å². The highest BCUT2D eigenvalue weighted by atomic mass is 16.3. The van der Waals surface area contributed by atoms with E-state index in [2.05, 4.69) is 73.8 Å². The normalized spacial score (nSPS) is 10.5. The lowest BCUT2D eigenvalue weighted by Crippen LogP contribution is -3.06. The summed E-state index contributed by atoms with van der Waals surface area (Å²) < 4.78 is 2.06. The second-order valence-electron chi connectivity index (χ2n) is 11.2. The first kappa shape index (κ1) is 44.3. The summed E-state index contributed by atoms with van der Waals surface area (Å²) in [7, 11) is 7.99. The number of nitrogens with zero attached hydrogens (tertiary/aromatic N) is 4. The van der Waals surface area contributed by atoms with Crippen molar-refractivity contribution in [2.75, 3.05) is 47.9 Å². The Kier molecular flexibility index (Phi) is 24.5. The van der Waals surface area contributed by atoms with E-state index in [0.717, 1.165) is 83.0 Å². The Morgan fingerprint density at radius 1 is 1.09 bits per heavy atom. The first-order valence-corrected chi connectivity index (χ1v) is 16.4. The van der Waals surface area contributed by atoms with Gasteiger partial charge in [-0.25, -0.2) is 4.98 Å². The van der Waals surface area contributed by atoms with Gasteiger partial charge < -0.3 is 24.5 Å². The van der Waals surface area contributed by atoms with E-state index in [0.29, 0.717) is 25.1 Å². The number of aliphatic hydroxyl groups excluding tert-OH is 1. The Morgan fingerprint density at radius 2 is 1.65 bits per heavy atom. The van der Waals surface area contributed by atoms with E-state index in [1.165, 1.54) is 4.90 Å². The number of rotatable bonds is 15. The Labute approximate surface area is 281 Å². The van der Waals surface area contributed by atoms with Crippen molar-refractivity contribution in [1.82, 2.24) is 14.5 Å². The van der Waals surface area contributed by atoms with Gasteiger partial charge in [0.15, 0.2) is 0 Å². The van der Waals surface area contributed by atoms with Crippen LogP contribution in [0.15, 0.2) is 84.6 Å². The maximum Gasteiger partial charge on any atom is 0.131 e. The van der Waals surface area contributed by atoms with E-state index in [9.17, 15) is 0 Å². The number of aryl methyl sites for hydroxylation is 2. The predicted molar refractivity (Wildman–Crippen MR) is 202 cm³/mol. The monoisotopic (exact) mass is 634 g/mol. The topological polar surface area (TPSA) is 81.9 Å². The molecular formula is C39H65N6O+. The van der Waals surface area contributed by atoms with Gasteiger partial charge in [-0.2, -0.15) is 0 Å². The average Bonchev–Trinajstić information content (AvgIpc) is 3.03. The number of aliphatic hydroxyl groups is 1. The van der Waals surface area contributed by atoms with Crippen LogP contribution >= 0.6 is 0 Å². The van der Waals surface area contributed by atoms with Crippen LogP contribution in [0, 0.1) is 12.3 Å². The number of hydrogen-bond donors (Lipinski definition) is 3. The molecule has 0 aliphatic carbocycles. The van der Waals surface area contributed by atoms with Crippen LogP contribution in [-0.4, -0.2) is 74.2 Å². The Bertz CT molecular complexity index is 1310. The van der Waals surface area contributed by atoms with Gasteiger partial charge >= 0.3 is 0 Å². The van der Waals surface area contributed by atoms with Crippen LogP contribution < -0.4 is 10.4 Å². The highest BCUT2D eigenvalue weighted by Gasteiger charge is 2.14. The highest BCUT2D eigenvalue weighted by molar-refractivity contribution is 5.81. The van der Waals surface area contributed by atoms with Gasteiger partial charge in [-0.05, 0) is 56.2 Å². The van der Waals surface area contributed by atoms with Crippen molar-refractivity contribution in [3.8, 4) is 0 Å². The molecule has 0 aliphatic rings. The summed E-state index contributed by atoms with van der Waals surface area (Å²) in [6.45, 7) is 34.1. The molecule has 1 aromatic carbocycles.